The van der Waals surface area contributed by atoms with Gasteiger partial charge in [-0.25, -0.2) is 0 Å². The highest BCUT2D eigenvalue weighted by Gasteiger charge is 2.35. The Morgan fingerprint density at radius 1 is 1.12 bits per heavy atom. The van der Waals surface area contributed by atoms with Crippen LogP contribution in [0, 0.1) is 26.7 Å². The largest absolute Gasteiger partial charge is 0.326 e. The molecule has 1 heterocycles. The highest BCUT2D eigenvalue weighted by molar-refractivity contribution is 9.10. The first-order valence-electron chi connectivity index (χ1n) is 8.29. The van der Waals surface area contributed by atoms with Gasteiger partial charge in [-0.2, -0.15) is 0 Å². The van der Waals surface area contributed by atoms with Crippen molar-refractivity contribution in [2.75, 3.05) is 16.8 Å². The SMILES string of the molecule is Cc1cc(C)cc(N2C[C@@H](C(=O)Nc3ccc(Br)c(C)c3)CC2=O)c1. The number of carbonyl (C=O) groups excluding carboxylic acids is 2. The van der Waals surface area contributed by atoms with Crippen LogP contribution in [0.5, 0.6) is 0 Å². The molecule has 4 nitrogen and oxygen atoms in total. The molecule has 2 aromatic carbocycles. The number of halogens is 1. The van der Waals surface area contributed by atoms with Crippen molar-refractivity contribution >= 4 is 39.1 Å². The van der Waals surface area contributed by atoms with Crippen LogP contribution < -0.4 is 10.2 Å². The Hall–Kier alpha value is -2.14. The van der Waals surface area contributed by atoms with Gasteiger partial charge in [0.15, 0.2) is 0 Å². The van der Waals surface area contributed by atoms with Crippen LogP contribution in [0.15, 0.2) is 40.9 Å². The van der Waals surface area contributed by atoms with Gasteiger partial charge in [0.1, 0.15) is 0 Å². The quantitative estimate of drug-likeness (QED) is 0.831. The minimum Gasteiger partial charge on any atom is -0.326 e. The maximum Gasteiger partial charge on any atom is 0.229 e. The Morgan fingerprint density at radius 2 is 1.80 bits per heavy atom. The lowest BCUT2D eigenvalue weighted by molar-refractivity contribution is -0.122. The van der Waals surface area contributed by atoms with Crippen molar-refractivity contribution in [3.05, 3.63) is 57.6 Å². The van der Waals surface area contributed by atoms with Crippen LogP contribution in [-0.2, 0) is 9.59 Å². The predicted molar refractivity (Wildman–Crippen MR) is 104 cm³/mol. The molecule has 1 saturated heterocycles. The van der Waals surface area contributed by atoms with Crippen molar-refractivity contribution in [2.45, 2.75) is 27.2 Å². The third kappa shape index (κ3) is 3.93. The summed E-state index contributed by atoms with van der Waals surface area (Å²) in [5.74, 6) is -0.448. The van der Waals surface area contributed by atoms with Gasteiger partial charge >= 0.3 is 0 Å². The summed E-state index contributed by atoms with van der Waals surface area (Å²) in [5.41, 5.74) is 4.90. The number of benzene rings is 2. The molecule has 0 bridgehead atoms. The van der Waals surface area contributed by atoms with E-state index in [1.807, 2.05) is 51.1 Å². The molecule has 1 aliphatic rings. The van der Waals surface area contributed by atoms with E-state index >= 15 is 0 Å². The molecular weight excluding hydrogens is 380 g/mol. The van der Waals surface area contributed by atoms with Crippen molar-refractivity contribution in [3.8, 4) is 0 Å². The minimum atomic E-state index is -0.336. The molecule has 0 unspecified atom stereocenters. The molecular formula is C20H21BrN2O2. The second kappa shape index (κ2) is 7.00. The first-order valence-corrected chi connectivity index (χ1v) is 9.08. The maximum absolute atomic E-state index is 12.6. The zero-order valence-electron chi connectivity index (χ0n) is 14.6. The van der Waals surface area contributed by atoms with Crippen LogP contribution in [0.1, 0.15) is 23.1 Å². The molecule has 1 atom stereocenters. The van der Waals surface area contributed by atoms with Crippen LogP contribution in [0.25, 0.3) is 0 Å². The zero-order chi connectivity index (χ0) is 18.1. The number of hydrogen-bond acceptors (Lipinski definition) is 2. The van der Waals surface area contributed by atoms with E-state index in [4.69, 9.17) is 0 Å². The lowest BCUT2D eigenvalue weighted by Crippen LogP contribution is -2.28. The van der Waals surface area contributed by atoms with Crippen molar-refractivity contribution in [1.29, 1.82) is 0 Å². The molecule has 25 heavy (non-hydrogen) atoms. The topological polar surface area (TPSA) is 49.4 Å². The van der Waals surface area contributed by atoms with Crippen molar-refractivity contribution in [3.63, 3.8) is 0 Å². The van der Waals surface area contributed by atoms with E-state index in [1.165, 1.54) is 0 Å². The van der Waals surface area contributed by atoms with Crippen LogP contribution >= 0.6 is 15.9 Å². The lowest BCUT2D eigenvalue weighted by Gasteiger charge is -2.18. The molecule has 1 aliphatic heterocycles. The van der Waals surface area contributed by atoms with E-state index in [2.05, 4.69) is 27.3 Å². The molecule has 2 aromatic rings. The Kier molecular flexibility index (Phi) is 4.95. The van der Waals surface area contributed by atoms with Crippen LogP contribution in [0.4, 0.5) is 11.4 Å². The molecule has 0 saturated carbocycles. The number of amides is 2. The van der Waals surface area contributed by atoms with Gasteiger partial charge in [-0.1, -0.05) is 22.0 Å². The number of aryl methyl sites for hydroxylation is 3. The van der Waals surface area contributed by atoms with E-state index in [9.17, 15) is 9.59 Å². The fourth-order valence-corrected chi connectivity index (χ4v) is 3.45. The second-order valence-electron chi connectivity index (χ2n) is 6.70. The summed E-state index contributed by atoms with van der Waals surface area (Å²) >= 11 is 3.45. The predicted octanol–water partition coefficient (Wildman–Crippen LogP) is 4.37. The minimum absolute atomic E-state index is 0.00265. The number of hydrogen-bond donors (Lipinski definition) is 1. The summed E-state index contributed by atoms with van der Waals surface area (Å²) in [5, 5.41) is 2.93. The number of rotatable bonds is 3. The molecule has 0 spiro atoms. The van der Waals surface area contributed by atoms with E-state index in [-0.39, 0.29) is 24.2 Å². The standard InChI is InChI=1S/C20H21BrN2O2/c1-12-6-13(2)8-17(7-12)23-11-15(10-19(23)24)20(25)22-16-4-5-18(21)14(3)9-16/h4-9,15H,10-11H2,1-3H3,(H,22,25)/t15-/m0/s1. The van der Waals surface area contributed by atoms with Crippen molar-refractivity contribution in [2.24, 2.45) is 5.92 Å². The lowest BCUT2D eigenvalue weighted by atomic mass is 10.1. The molecule has 0 radical (unpaired) electrons. The maximum atomic E-state index is 12.6. The Labute approximate surface area is 156 Å². The summed E-state index contributed by atoms with van der Waals surface area (Å²) in [7, 11) is 0. The number of nitrogens with one attached hydrogen (secondary N) is 1. The monoisotopic (exact) mass is 400 g/mol. The second-order valence-corrected chi connectivity index (χ2v) is 7.56. The summed E-state index contributed by atoms with van der Waals surface area (Å²) in [6, 6.07) is 11.7. The third-order valence-electron chi connectivity index (χ3n) is 4.44. The van der Waals surface area contributed by atoms with Gasteiger partial charge in [-0.3, -0.25) is 9.59 Å². The Balaban J connectivity index is 1.73. The van der Waals surface area contributed by atoms with Gasteiger partial charge in [-0.05, 0) is 67.8 Å². The first-order chi connectivity index (χ1) is 11.8. The number of carbonyl (C=O) groups is 2. The van der Waals surface area contributed by atoms with E-state index in [1.54, 1.807) is 4.90 Å². The van der Waals surface area contributed by atoms with Gasteiger partial charge < -0.3 is 10.2 Å². The van der Waals surface area contributed by atoms with Crippen LogP contribution in [0.3, 0.4) is 0 Å². The molecule has 2 amide bonds. The summed E-state index contributed by atoms with van der Waals surface area (Å²) < 4.78 is 1.00. The van der Waals surface area contributed by atoms with Gasteiger partial charge in [0.05, 0.1) is 5.92 Å². The molecule has 5 heteroatoms. The molecule has 1 N–H and O–H groups in total. The molecule has 3 rings (SSSR count). The molecule has 130 valence electrons. The van der Waals surface area contributed by atoms with Gasteiger partial charge in [0.2, 0.25) is 11.8 Å². The average Bonchev–Trinajstić information content (AvgIpc) is 2.92. The fraction of sp³-hybridized carbons (Fsp3) is 0.300. The first kappa shape index (κ1) is 17.7. The third-order valence-corrected chi connectivity index (χ3v) is 5.33. The van der Waals surface area contributed by atoms with Gasteiger partial charge in [-0.15, -0.1) is 0 Å². The number of nitrogens with zero attached hydrogens (tertiary/aromatic N) is 1. The summed E-state index contributed by atoms with van der Waals surface area (Å²) in [4.78, 5) is 26.7. The highest BCUT2D eigenvalue weighted by atomic mass is 79.9. The Bertz CT molecular complexity index is 827. The Morgan fingerprint density at radius 3 is 2.44 bits per heavy atom. The van der Waals surface area contributed by atoms with Crippen LogP contribution in [0.2, 0.25) is 0 Å². The van der Waals surface area contributed by atoms with Crippen LogP contribution in [-0.4, -0.2) is 18.4 Å². The van der Waals surface area contributed by atoms with E-state index in [0.29, 0.717) is 6.54 Å². The molecule has 1 fully saturated rings. The van der Waals surface area contributed by atoms with E-state index < -0.39 is 0 Å². The molecule has 0 aliphatic carbocycles. The highest BCUT2D eigenvalue weighted by Crippen LogP contribution is 2.28. The normalized spacial score (nSPS) is 17.0. The van der Waals surface area contributed by atoms with Crippen molar-refractivity contribution < 1.29 is 9.59 Å². The number of anilines is 2. The molecule has 0 aromatic heterocycles. The summed E-state index contributed by atoms with van der Waals surface area (Å²) in [6.45, 7) is 6.41. The summed E-state index contributed by atoms with van der Waals surface area (Å²) in [6.07, 6.45) is 0.244. The van der Waals surface area contributed by atoms with Gasteiger partial charge in [0.25, 0.3) is 0 Å². The smallest absolute Gasteiger partial charge is 0.229 e. The van der Waals surface area contributed by atoms with E-state index in [0.717, 1.165) is 32.5 Å². The fourth-order valence-electron chi connectivity index (χ4n) is 3.21. The average molecular weight is 401 g/mol. The zero-order valence-corrected chi connectivity index (χ0v) is 16.2. The van der Waals surface area contributed by atoms with Crippen molar-refractivity contribution in [1.82, 2.24) is 0 Å². The van der Waals surface area contributed by atoms with Gasteiger partial charge in [0, 0.05) is 28.8 Å².